The predicted molar refractivity (Wildman–Crippen MR) is 86.6 cm³/mol. The molecule has 4 aliphatic rings. The lowest BCUT2D eigenvalue weighted by Crippen LogP contribution is -2.62. The van der Waals surface area contributed by atoms with Gasteiger partial charge in [0, 0.05) is 5.92 Å². The van der Waals surface area contributed by atoms with Gasteiger partial charge >= 0.3 is 11.9 Å². The number of aliphatic hydroxyl groups excluding tert-OH is 4. The minimum Gasteiger partial charge on any atom is -0.450 e. The molecule has 0 radical (unpaired) electrons. The monoisotopic (exact) mass is 420 g/mol. The van der Waals surface area contributed by atoms with Gasteiger partial charge in [0.05, 0.1) is 19.1 Å². The Hall–Kier alpha value is -1.38. The molecule has 0 aromatic carbocycles. The molecule has 0 aromatic heterocycles. The van der Waals surface area contributed by atoms with Gasteiger partial charge in [-0.1, -0.05) is 13.8 Å². The van der Waals surface area contributed by atoms with Crippen LogP contribution in [0.3, 0.4) is 0 Å². The quantitative estimate of drug-likeness (QED) is 0.283. The van der Waals surface area contributed by atoms with Gasteiger partial charge < -0.3 is 49.2 Å². The second-order valence-corrected chi connectivity index (χ2v) is 7.94. The van der Waals surface area contributed by atoms with E-state index in [0.717, 1.165) is 0 Å². The molecule has 1 spiro atoms. The molecule has 5 N–H and O–H groups in total. The Bertz CT molecular complexity index is 698. The lowest BCUT2D eigenvalue weighted by molar-refractivity contribution is -0.315. The second kappa shape index (κ2) is 6.82. The summed E-state index contributed by atoms with van der Waals surface area (Å²) in [6.45, 7) is 2.17. The van der Waals surface area contributed by atoms with Crippen LogP contribution in [0.5, 0.6) is 0 Å². The number of carbonyl (C=O) groups is 2. The molecule has 0 amide bonds. The SMILES string of the molecule is C[C@@H]1C(=O)O[C@@]2(C(=O)O[C@@H]3[C@@H](O[C@@H]4O[C@H](CO)[C@@H](O)[C@H](O)[C@H]4O)CO[C@@]32O)[C@H]1C. The molecule has 4 saturated heterocycles. The fraction of sp³-hybridized carbons (Fsp3) is 0.882. The van der Waals surface area contributed by atoms with Crippen molar-refractivity contribution in [1.29, 1.82) is 0 Å². The Morgan fingerprint density at radius 1 is 1.14 bits per heavy atom. The molecule has 4 heterocycles. The van der Waals surface area contributed by atoms with Crippen molar-refractivity contribution in [3.8, 4) is 0 Å². The number of aliphatic hydroxyl groups is 5. The maximum Gasteiger partial charge on any atom is 0.357 e. The first kappa shape index (κ1) is 20.9. The number of carbonyl (C=O) groups excluding carboxylic acids is 2. The van der Waals surface area contributed by atoms with Crippen LogP contribution in [0.25, 0.3) is 0 Å². The molecule has 0 bridgehead atoms. The van der Waals surface area contributed by atoms with Crippen molar-refractivity contribution in [2.75, 3.05) is 13.2 Å². The van der Waals surface area contributed by atoms with Gasteiger partial charge in [0.1, 0.15) is 30.5 Å². The van der Waals surface area contributed by atoms with E-state index in [-0.39, 0.29) is 6.61 Å². The van der Waals surface area contributed by atoms with E-state index >= 15 is 0 Å². The summed E-state index contributed by atoms with van der Waals surface area (Å²) in [6.07, 6.45) is -10.2. The summed E-state index contributed by atoms with van der Waals surface area (Å²) in [4.78, 5) is 24.7. The third-order valence-electron chi connectivity index (χ3n) is 6.44. The molecular weight excluding hydrogens is 396 g/mol. The smallest absolute Gasteiger partial charge is 0.357 e. The first-order valence-electron chi connectivity index (χ1n) is 9.34. The van der Waals surface area contributed by atoms with Gasteiger partial charge in [0.25, 0.3) is 11.4 Å². The second-order valence-electron chi connectivity index (χ2n) is 7.94. The predicted octanol–water partition coefficient (Wildman–Crippen LogP) is -3.62. The Morgan fingerprint density at radius 2 is 1.83 bits per heavy atom. The standard InChI is InChI=1S/C17H24O12/c1-5-6(2)16(29-13(5)22)15(23)28-12-8(4-25-17(12,16)24)27-14-11(21)10(20)9(19)7(3-18)26-14/h5-12,14,18-21,24H,3-4H2,1-2H3/t5-,6-,7+,8-,9+,10-,11+,12+,14-,16+,17-/m0/s1. The molecule has 4 aliphatic heterocycles. The van der Waals surface area contributed by atoms with E-state index in [2.05, 4.69) is 0 Å². The highest BCUT2D eigenvalue weighted by Gasteiger charge is 2.81. The number of rotatable bonds is 3. The summed E-state index contributed by atoms with van der Waals surface area (Å²) in [6, 6.07) is 0. The molecule has 12 heteroatoms. The van der Waals surface area contributed by atoms with Crippen molar-refractivity contribution in [2.45, 2.75) is 68.1 Å². The van der Waals surface area contributed by atoms with Crippen LogP contribution in [-0.4, -0.2) is 105 Å². The van der Waals surface area contributed by atoms with Crippen LogP contribution in [0.2, 0.25) is 0 Å². The third-order valence-corrected chi connectivity index (χ3v) is 6.44. The molecule has 29 heavy (non-hydrogen) atoms. The average Bonchev–Trinajstić information content (AvgIpc) is 3.21. The summed E-state index contributed by atoms with van der Waals surface area (Å²) < 4.78 is 26.8. The summed E-state index contributed by atoms with van der Waals surface area (Å²) in [5.74, 6) is -5.39. The van der Waals surface area contributed by atoms with E-state index in [1.54, 1.807) is 13.8 Å². The van der Waals surface area contributed by atoms with Crippen LogP contribution in [0.4, 0.5) is 0 Å². The minimum absolute atomic E-state index is 0.302. The Balaban J connectivity index is 1.56. The highest BCUT2D eigenvalue weighted by atomic mass is 16.8. The van der Waals surface area contributed by atoms with Gasteiger partial charge in [0.2, 0.25) is 0 Å². The van der Waals surface area contributed by atoms with Gasteiger partial charge in [-0.25, -0.2) is 4.79 Å². The van der Waals surface area contributed by atoms with E-state index in [9.17, 15) is 35.1 Å². The lowest BCUT2D eigenvalue weighted by atomic mass is 9.77. The zero-order valence-electron chi connectivity index (χ0n) is 15.7. The van der Waals surface area contributed by atoms with E-state index in [4.69, 9.17) is 23.7 Å². The van der Waals surface area contributed by atoms with Gasteiger partial charge in [-0.05, 0) is 0 Å². The van der Waals surface area contributed by atoms with Crippen molar-refractivity contribution < 1.29 is 58.8 Å². The molecule has 0 saturated carbocycles. The van der Waals surface area contributed by atoms with Crippen LogP contribution < -0.4 is 0 Å². The number of hydrogen-bond acceptors (Lipinski definition) is 12. The summed E-state index contributed by atoms with van der Waals surface area (Å²) in [7, 11) is 0. The highest BCUT2D eigenvalue weighted by Crippen LogP contribution is 2.54. The molecular formula is C17H24O12. The van der Waals surface area contributed by atoms with Gasteiger partial charge in [0.15, 0.2) is 12.4 Å². The molecule has 164 valence electrons. The van der Waals surface area contributed by atoms with Crippen LogP contribution in [-0.2, 0) is 33.3 Å². The van der Waals surface area contributed by atoms with Crippen LogP contribution in [0.1, 0.15) is 13.8 Å². The van der Waals surface area contributed by atoms with Gasteiger partial charge in [-0.3, -0.25) is 4.79 Å². The summed E-state index contributed by atoms with van der Waals surface area (Å²) in [5, 5.41) is 50.3. The number of esters is 2. The van der Waals surface area contributed by atoms with Crippen molar-refractivity contribution in [3.05, 3.63) is 0 Å². The summed E-state index contributed by atoms with van der Waals surface area (Å²) in [5.41, 5.74) is -2.05. The maximum atomic E-state index is 12.6. The van der Waals surface area contributed by atoms with Crippen molar-refractivity contribution in [3.63, 3.8) is 0 Å². The van der Waals surface area contributed by atoms with Crippen LogP contribution in [0.15, 0.2) is 0 Å². The number of hydrogen-bond donors (Lipinski definition) is 5. The van der Waals surface area contributed by atoms with Crippen molar-refractivity contribution >= 4 is 11.9 Å². The molecule has 11 atom stereocenters. The van der Waals surface area contributed by atoms with E-state index < -0.39 is 84.7 Å². The molecule has 0 aliphatic carbocycles. The number of fused-ring (bicyclic) bond motifs is 2. The Kier molecular flexibility index (Phi) is 4.91. The van der Waals surface area contributed by atoms with Crippen molar-refractivity contribution in [2.24, 2.45) is 11.8 Å². The van der Waals surface area contributed by atoms with E-state index in [0.29, 0.717) is 0 Å². The molecule has 4 fully saturated rings. The van der Waals surface area contributed by atoms with E-state index in [1.165, 1.54) is 0 Å². The van der Waals surface area contributed by atoms with Gasteiger partial charge in [-0.2, -0.15) is 0 Å². The zero-order valence-corrected chi connectivity index (χ0v) is 15.7. The van der Waals surface area contributed by atoms with E-state index in [1.807, 2.05) is 0 Å². The number of ether oxygens (including phenoxy) is 5. The normalized spacial score (nSPS) is 54.5. The van der Waals surface area contributed by atoms with Crippen LogP contribution in [0, 0.1) is 11.8 Å². The fourth-order valence-corrected chi connectivity index (χ4v) is 4.44. The Morgan fingerprint density at radius 3 is 2.41 bits per heavy atom. The molecule has 0 unspecified atom stereocenters. The minimum atomic E-state index is -2.32. The Labute approximate surface area is 164 Å². The van der Waals surface area contributed by atoms with Gasteiger partial charge in [-0.15, -0.1) is 0 Å². The first-order chi connectivity index (χ1) is 13.6. The summed E-state index contributed by atoms with van der Waals surface area (Å²) >= 11 is 0. The highest BCUT2D eigenvalue weighted by molar-refractivity contribution is 5.92. The molecule has 4 rings (SSSR count). The third kappa shape index (κ3) is 2.61. The average molecular weight is 420 g/mol. The fourth-order valence-electron chi connectivity index (χ4n) is 4.44. The maximum absolute atomic E-state index is 12.6. The topological polar surface area (TPSA) is 181 Å². The lowest BCUT2D eigenvalue weighted by Gasteiger charge is -2.40. The van der Waals surface area contributed by atoms with Crippen LogP contribution >= 0.6 is 0 Å². The largest absolute Gasteiger partial charge is 0.450 e. The molecule has 0 aromatic rings. The zero-order chi connectivity index (χ0) is 21.3. The van der Waals surface area contributed by atoms with Crippen molar-refractivity contribution in [1.82, 2.24) is 0 Å². The first-order valence-corrected chi connectivity index (χ1v) is 9.34. The molecule has 12 nitrogen and oxygen atoms in total.